The average molecular weight is 356 g/mol. The Hall–Kier alpha value is -2.27. The molecule has 1 amide bonds. The summed E-state index contributed by atoms with van der Waals surface area (Å²) in [5, 5.41) is 2.98. The molecule has 0 radical (unpaired) electrons. The highest BCUT2D eigenvalue weighted by Crippen LogP contribution is 2.23. The second kappa shape index (κ2) is 8.21. The topological polar surface area (TPSA) is 58.5 Å². The second-order valence-electron chi connectivity index (χ2n) is 6.88. The highest BCUT2D eigenvalue weighted by Gasteiger charge is 2.24. The maximum atomic E-state index is 12.6. The predicted molar refractivity (Wildman–Crippen MR) is 103 cm³/mol. The molecule has 0 aliphatic carbocycles. The summed E-state index contributed by atoms with van der Waals surface area (Å²) in [4.78, 5) is 12.8. The molecule has 2 aromatic carbocycles. The van der Waals surface area contributed by atoms with E-state index in [4.69, 9.17) is 0 Å². The van der Waals surface area contributed by atoms with Gasteiger partial charge < -0.3 is 5.32 Å². The van der Waals surface area contributed by atoms with Gasteiger partial charge in [-0.2, -0.15) is 4.40 Å². The fourth-order valence-corrected chi connectivity index (χ4v) is 3.17. The summed E-state index contributed by atoms with van der Waals surface area (Å²) < 4.78 is 16.8. The van der Waals surface area contributed by atoms with Crippen LogP contribution in [0.15, 0.2) is 63.9 Å². The maximum absolute atomic E-state index is 12.6. The van der Waals surface area contributed by atoms with E-state index in [1.807, 2.05) is 76.2 Å². The first-order valence-electron chi connectivity index (χ1n) is 8.20. The van der Waals surface area contributed by atoms with Gasteiger partial charge in [0.15, 0.2) is 11.0 Å². The molecular formula is C20H24N2O2S. The molecule has 2 rings (SSSR count). The van der Waals surface area contributed by atoms with E-state index in [0.717, 1.165) is 11.1 Å². The lowest BCUT2D eigenvalue weighted by molar-refractivity contribution is -0.129. The molecule has 0 aliphatic heterocycles. The van der Waals surface area contributed by atoms with Crippen molar-refractivity contribution in [2.45, 2.75) is 38.6 Å². The van der Waals surface area contributed by atoms with Crippen LogP contribution in [0.5, 0.6) is 0 Å². The molecule has 1 N–H and O–H groups in total. The van der Waals surface area contributed by atoms with Crippen LogP contribution in [-0.2, 0) is 15.8 Å². The molecule has 0 heterocycles. The molecule has 1 unspecified atom stereocenters. The van der Waals surface area contributed by atoms with Gasteiger partial charge in [0.2, 0.25) is 5.91 Å². The average Bonchev–Trinajstić information content (AvgIpc) is 2.59. The van der Waals surface area contributed by atoms with Crippen molar-refractivity contribution < 1.29 is 9.00 Å². The van der Waals surface area contributed by atoms with Crippen molar-refractivity contribution in [2.75, 3.05) is 0 Å². The van der Waals surface area contributed by atoms with Gasteiger partial charge in [0.25, 0.3) is 0 Å². The Labute approximate surface area is 152 Å². The van der Waals surface area contributed by atoms with Crippen molar-refractivity contribution in [1.29, 1.82) is 0 Å². The second-order valence-corrected chi connectivity index (χ2v) is 8.03. The Kier molecular flexibility index (Phi) is 6.26. The standard InChI is InChI=1S/C20H24N2O2S/c1-15(22-19(23)20(2,3)4)17-12-8-9-13-18(17)25(24)21-14-16-10-6-5-7-11-16/h5-15H,1-4H3,(H,22,23)/b21-14+/t15-,25?/m1/s1. The number of benzene rings is 2. The lowest BCUT2D eigenvalue weighted by Gasteiger charge is -2.23. The molecule has 0 spiro atoms. The first-order chi connectivity index (χ1) is 11.8. The van der Waals surface area contributed by atoms with Crippen molar-refractivity contribution in [2.24, 2.45) is 9.81 Å². The molecular weight excluding hydrogens is 332 g/mol. The first-order valence-corrected chi connectivity index (χ1v) is 9.30. The molecule has 0 aromatic heterocycles. The lowest BCUT2D eigenvalue weighted by Crippen LogP contribution is -2.36. The van der Waals surface area contributed by atoms with E-state index in [0.29, 0.717) is 4.90 Å². The van der Waals surface area contributed by atoms with Gasteiger partial charge in [0, 0.05) is 11.6 Å². The summed E-state index contributed by atoms with van der Waals surface area (Å²) >= 11 is 0. The molecule has 25 heavy (non-hydrogen) atoms. The van der Waals surface area contributed by atoms with Gasteiger partial charge in [-0.05, 0) is 24.1 Å². The zero-order chi connectivity index (χ0) is 18.4. The lowest BCUT2D eigenvalue weighted by atomic mass is 9.94. The highest BCUT2D eigenvalue weighted by molar-refractivity contribution is 7.84. The summed E-state index contributed by atoms with van der Waals surface area (Å²) in [5.74, 6) is -0.0478. The smallest absolute Gasteiger partial charge is 0.225 e. The van der Waals surface area contributed by atoms with Gasteiger partial charge in [0.05, 0.1) is 10.9 Å². The highest BCUT2D eigenvalue weighted by atomic mass is 32.2. The van der Waals surface area contributed by atoms with Crippen LogP contribution in [0, 0.1) is 5.41 Å². The molecule has 132 valence electrons. The van der Waals surface area contributed by atoms with E-state index in [-0.39, 0.29) is 11.9 Å². The van der Waals surface area contributed by atoms with E-state index in [2.05, 4.69) is 9.71 Å². The van der Waals surface area contributed by atoms with Gasteiger partial charge in [-0.3, -0.25) is 4.79 Å². The SMILES string of the molecule is C[C@@H](NC(=O)C(C)(C)C)c1ccccc1S(=O)/N=C/c1ccccc1. The molecule has 2 atom stereocenters. The van der Waals surface area contributed by atoms with Crippen molar-refractivity contribution in [3.8, 4) is 0 Å². The van der Waals surface area contributed by atoms with Crippen molar-refractivity contribution >= 4 is 23.1 Å². The van der Waals surface area contributed by atoms with Crippen LogP contribution in [0.2, 0.25) is 0 Å². The van der Waals surface area contributed by atoms with Crippen LogP contribution in [0.1, 0.15) is 44.9 Å². The van der Waals surface area contributed by atoms with Gasteiger partial charge in [-0.15, -0.1) is 0 Å². The molecule has 2 aromatic rings. The fraction of sp³-hybridized carbons (Fsp3) is 0.300. The van der Waals surface area contributed by atoms with Crippen LogP contribution in [0.4, 0.5) is 0 Å². The van der Waals surface area contributed by atoms with Crippen LogP contribution in [-0.4, -0.2) is 16.3 Å². The predicted octanol–water partition coefficient (Wildman–Crippen LogP) is 4.05. The molecule has 0 aliphatic rings. The van der Waals surface area contributed by atoms with Gasteiger partial charge in [-0.25, -0.2) is 4.21 Å². The van der Waals surface area contributed by atoms with E-state index in [1.165, 1.54) is 0 Å². The van der Waals surface area contributed by atoms with Crippen molar-refractivity contribution in [1.82, 2.24) is 5.32 Å². The van der Waals surface area contributed by atoms with Crippen LogP contribution in [0.25, 0.3) is 0 Å². The Morgan fingerprint density at radius 3 is 2.32 bits per heavy atom. The van der Waals surface area contributed by atoms with Crippen molar-refractivity contribution in [3.63, 3.8) is 0 Å². The van der Waals surface area contributed by atoms with E-state index in [1.54, 1.807) is 12.3 Å². The third-order valence-electron chi connectivity index (χ3n) is 3.70. The molecule has 0 bridgehead atoms. The van der Waals surface area contributed by atoms with Crippen LogP contribution >= 0.6 is 0 Å². The monoisotopic (exact) mass is 356 g/mol. The summed E-state index contributed by atoms with van der Waals surface area (Å²) in [6.45, 7) is 7.48. The molecule has 5 heteroatoms. The van der Waals surface area contributed by atoms with Gasteiger partial charge in [0.1, 0.15) is 0 Å². The number of carbonyl (C=O) groups excluding carboxylic acids is 1. The van der Waals surface area contributed by atoms with E-state index >= 15 is 0 Å². The molecule has 0 saturated carbocycles. The Bertz CT molecular complexity index is 780. The molecule has 0 saturated heterocycles. The molecule has 0 fully saturated rings. The van der Waals surface area contributed by atoms with E-state index in [9.17, 15) is 9.00 Å². The number of amides is 1. The van der Waals surface area contributed by atoms with Gasteiger partial charge in [-0.1, -0.05) is 69.3 Å². The Balaban J connectivity index is 2.21. The minimum Gasteiger partial charge on any atom is -0.349 e. The third-order valence-corrected chi connectivity index (χ3v) is 4.74. The number of hydrogen-bond donors (Lipinski definition) is 1. The first kappa shape index (κ1) is 19.1. The number of nitrogens with zero attached hydrogens (tertiary/aromatic N) is 1. The van der Waals surface area contributed by atoms with E-state index < -0.39 is 16.4 Å². The third kappa shape index (κ3) is 5.36. The fourth-order valence-electron chi connectivity index (χ4n) is 2.19. The number of rotatable bonds is 5. The number of carbonyl (C=O) groups is 1. The molecule has 4 nitrogen and oxygen atoms in total. The quantitative estimate of drug-likeness (QED) is 0.822. The van der Waals surface area contributed by atoms with Crippen molar-refractivity contribution in [3.05, 3.63) is 65.7 Å². The summed E-state index contributed by atoms with van der Waals surface area (Å²) in [6, 6.07) is 16.6. The zero-order valence-corrected chi connectivity index (χ0v) is 15.8. The van der Waals surface area contributed by atoms with Crippen LogP contribution in [0.3, 0.4) is 0 Å². The van der Waals surface area contributed by atoms with Crippen LogP contribution < -0.4 is 5.32 Å². The normalized spacial score (nSPS) is 14.2. The maximum Gasteiger partial charge on any atom is 0.225 e. The Morgan fingerprint density at radius 1 is 1.08 bits per heavy atom. The number of nitrogens with one attached hydrogen (secondary N) is 1. The minimum atomic E-state index is -1.53. The summed E-state index contributed by atoms with van der Waals surface area (Å²) in [5.41, 5.74) is 1.22. The largest absolute Gasteiger partial charge is 0.349 e. The summed E-state index contributed by atoms with van der Waals surface area (Å²) in [6.07, 6.45) is 1.60. The summed E-state index contributed by atoms with van der Waals surface area (Å²) in [7, 11) is -1.53. The minimum absolute atomic E-state index is 0.0478. The van der Waals surface area contributed by atoms with Gasteiger partial charge >= 0.3 is 0 Å². The zero-order valence-electron chi connectivity index (χ0n) is 15.0. The number of hydrogen-bond acceptors (Lipinski definition) is 2. The Morgan fingerprint density at radius 2 is 1.68 bits per heavy atom.